The standard InChI is InChI=1S/C10H15N3O2/c11-10(12)8-2-4-9(5-3-8)14-6-1-7-15-13/h2-5H,1,6-7,13H2,(H3,11,12). The maximum absolute atomic E-state index is 7.21. The maximum atomic E-state index is 7.21. The van der Waals surface area contributed by atoms with Crippen LogP contribution >= 0.6 is 0 Å². The number of benzene rings is 1. The van der Waals surface area contributed by atoms with E-state index in [4.69, 9.17) is 21.8 Å². The molecule has 5 heteroatoms. The largest absolute Gasteiger partial charge is 0.494 e. The molecule has 0 aliphatic heterocycles. The zero-order valence-corrected chi connectivity index (χ0v) is 8.40. The molecular formula is C10H15N3O2. The van der Waals surface area contributed by atoms with Crippen LogP contribution in [0.3, 0.4) is 0 Å². The van der Waals surface area contributed by atoms with E-state index in [-0.39, 0.29) is 5.84 Å². The molecule has 82 valence electrons. The average molecular weight is 209 g/mol. The second-order valence-corrected chi connectivity index (χ2v) is 3.01. The summed E-state index contributed by atoms with van der Waals surface area (Å²) >= 11 is 0. The molecule has 1 rings (SSSR count). The van der Waals surface area contributed by atoms with Crippen LogP contribution in [0.4, 0.5) is 0 Å². The van der Waals surface area contributed by atoms with E-state index in [2.05, 4.69) is 4.84 Å². The number of nitrogen functional groups attached to an aromatic ring is 1. The van der Waals surface area contributed by atoms with E-state index in [1.807, 2.05) is 0 Å². The molecule has 0 bridgehead atoms. The van der Waals surface area contributed by atoms with Crippen molar-refractivity contribution in [2.24, 2.45) is 11.6 Å². The quantitative estimate of drug-likeness (QED) is 0.277. The van der Waals surface area contributed by atoms with E-state index in [1.54, 1.807) is 24.3 Å². The predicted octanol–water partition coefficient (Wildman–Crippen LogP) is 0.630. The van der Waals surface area contributed by atoms with Gasteiger partial charge in [-0.1, -0.05) is 0 Å². The van der Waals surface area contributed by atoms with Crippen molar-refractivity contribution in [2.45, 2.75) is 6.42 Å². The van der Waals surface area contributed by atoms with Gasteiger partial charge in [-0.25, -0.2) is 5.90 Å². The first-order valence-corrected chi connectivity index (χ1v) is 4.63. The molecule has 0 fully saturated rings. The Hall–Kier alpha value is -1.59. The van der Waals surface area contributed by atoms with Gasteiger partial charge in [0.2, 0.25) is 0 Å². The summed E-state index contributed by atoms with van der Waals surface area (Å²) < 4.78 is 5.40. The van der Waals surface area contributed by atoms with Gasteiger partial charge in [-0.2, -0.15) is 0 Å². The van der Waals surface area contributed by atoms with Crippen molar-refractivity contribution in [1.29, 1.82) is 5.41 Å². The third-order valence-corrected chi connectivity index (χ3v) is 1.84. The molecule has 1 aromatic rings. The highest BCUT2D eigenvalue weighted by Gasteiger charge is 1.97. The molecule has 15 heavy (non-hydrogen) atoms. The van der Waals surface area contributed by atoms with Gasteiger partial charge in [-0.3, -0.25) is 5.41 Å². The van der Waals surface area contributed by atoms with Crippen LogP contribution in [0.2, 0.25) is 0 Å². The van der Waals surface area contributed by atoms with Crippen LogP contribution in [0, 0.1) is 5.41 Å². The number of ether oxygens (including phenoxy) is 1. The predicted molar refractivity (Wildman–Crippen MR) is 57.7 cm³/mol. The van der Waals surface area contributed by atoms with Crippen LogP contribution in [0.15, 0.2) is 24.3 Å². The lowest BCUT2D eigenvalue weighted by atomic mass is 10.2. The van der Waals surface area contributed by atoms with Gasteiger partial charge < -0.3 is 15.3 Å². The minimum atomic E-state index is 0.0538. The molecule has 0 heterocycles. The number of amidine groups is 1. The second kappa shape index (κ2) is 6.00. The van der Waals surface area contributed by atoms with Crippen molar-refractivity contribution >= 4 is 5.84 Å². The van der Waals surface area contributed by atoms with Gasteiger partial charge >= 0.3 is 0 Å². The van der Waals surface area contributed by atoms with Crippen molar-refractivity contribution in [2.75, 3.05) is 13.2 Å². The SMILES string of the molecule is N=C(N)c1ccc(OCCCON)cc1. The first-order chi connectivity index (χ1) is 7.24. The van der Waals surface area contributed by atoms with Crippen molar-refractivity contribution < 1.29 is 9.57 Å². The smallest absolute Gasteiger partial charge is 0.122 e. The summed E-state index contributed by atoms with van der Waals surface area (Å²) in [6.45, 7) is 1.03. The van der Waals surface area contributed by atoms with Crippen LogP contribution in [0.1, 0.15) is 12.0 Å². The van der Waals surface area contributed by atoms with Crippen LogP contribution in [-0.4, -0.2) is 19.0 Å². The van der Waals surface area contributed by atoms with Gasteiger partial charge in [-0.15, -0.1) is 0 Å². The zero-order valence-electron chi connectivity index (χ0n) is 8.40. The highest BCUT2D eigenvalue weighted by atomic mass is 16.6. The summed E-state index contributed by atoms with van der Waals surface area (Å²) in [6, 6.07) is 7.05. The first-order valence-electron chi connectivity index (χ1n) is 4.63. The lowest BCUT2D eigenvalue weighted by Gasteiger charge is -2.06. The van der Waals surface area contributed by atoms with Crippen molar-refractivity contribution in [3.63, 3.8) is 0 Å². The Morgan fingerprint density at radius 3 is 2.40 bits per heavy atom. The minimum Gasteiger partial charge on any atom is -0.494 e. The summed E-state index contributed by atoms with van der Waals surface area (Å²) in [7, 11) is 0. The van der Waals surface area contributed by atoms with E-state index >= 15 is 0 Å². The molecule has 5 nitrogen and oxygen atoms in total. The summed E-state index contributed by atoms with van der Waals surface area (Å²) in [5.41, 5.74) is 6.00. The van der Waals surface area contributed by atoms with Crippen molar-refractivity contribution in [1.82, 2.24) is 0 Å². The third kappa shape index (κ3) is 3.97. The molecule has 0 unspecified atom stereocenters. The summed E-state index contributed by atoms with van der Waals surface area (Å²) in [4.78, 5) is 4.41. The molecule has 0 radical (unpaired) electrons. The van der Waals surface area contributed by atoms with Gasteiger partial charge in [0.05, 0.1) is 13.2 Å². The number of rotatable bonds is 6. The van der Waals surface area contributed by atoms with Crippen LogP contribution < -0.4 is 16.4 Å². The third-order valence-electron chi connectivity index (χ3n) is 1.84. The van der Waals surface area contributed by atoms with E-state index in [0.29, 0.717) is 18.8 Å². The number of hydrogen-bond acceptors (Lipinski definition) is 4. The first kappa shape index (κ1) is 11.5. The van der Waals surface area contributed by atoms with Gasteiger partial charge in [0.1, 0.15) is 11.6 Å². The highest BCUT2D eigenvalue weighted by Crippen LogP contribution is 2.11. The summed E-state index contributed by atoms with van der Waals surface area (Å²) in [5, 5.41) is 7.21. The molecule has 1 aromatic carbocycles. The molecule has 0 spiro atoms. The lowest BCUT2D eigenvalue weighted by Crippen LogP contribution is -2.10. The van der Waals surface area contributed by atoms with Crippen molar-refractivity contribution in [3.05, 3.63) is 29.8 Å². The van der Waals surface area contributed by atoms with Gasteiger partial charge in [0.15, 0.2) is 0 Å². The average Bonchev–Trinajstić information content (AvgIpc) is 2.25. The molecule has 0 saturated heterocycles. The Kier molecular flexibility index (Phi) is 4.59. The van der Waals surface area contributed by atoms with Crippen molar-refractivity contribution in [3.8, 4) is 5.75 Å². The molecule has 0 saturated carbocycles. The highest BCUT2D eigenvalue weighted by molar-refractivity contribution is 5.94. The Morgan fingerprint density at radius 1 is 1.20 bits per heavy atom. The fraction of sp³-hybridized carbons (Fsp3) is 0.300. The number of nitrogens with two attached hydrogens (primary N) is 2. The monoisotopic (exact) mass is 209 g/mol. The molecule has 0 aliphatic rings. The van der Waals surface area contributed by atoms with E-state index < -0.39 is 0 Å². The Labute approximate surface area is 88.4 Å². The van der Waals surface area contributed by atoms with Gasteiger partial charge in [0, 0.05) is 12.0 Å². The molecule has 0 aliphatic carbocycles. The number of hydrogen-bond donors (Lipinski definition) is 3. The van der Waals surface area contributed by atoms with E-state index in [0.717, 1.165) is 12.2 Å². The maximum Gasteiger partial charge on any atom is 0.122 e. The fourth-order valence-corrected chi connectivity index (χ4v) is 1.06. The Bertz CT molecular complexity index is 311. The fourth-order valence-electron chi connectivity index (χ4n) is 1.06. The summed E-state index contributed by atoms with van der Waals surface area (Å²) in [6.07, 6.45) is 0.741. The molecule has 0 aromatic heterocycles. The Balaban J connectivity index is 2.39. The normalized spacial score (nSPS) is 9.93. The van der Waals surface area contributed by atoms with Crippen LogP contribution in [-0.2, 0) is 4.84 Å². The molecular weight excluding hydrogens is 194 g/mol. The van der Waals surface area contributed by atoms with Gasteiger partial charge in [0.25, 0.3) is 0 Å². The topological polar surface area (TPSA) is 94.4 Å². The lowest BCUT2D eigenvalue weighted by molar-refractivity contribution is 0.122. The molecule has 0 amide bonds. The van der Waals surface area contributed by atoms with Crippen LogP contribution in [0.5, 0.6) is 5.75 Å². The second-order valence-electron chi connectivity index (χ2n) is 3.01. The molecule has 5 N–H and O–H groups in total. The van der Waals surface area contributed by atoms with E-state index in [1.165, 1.54) is 0 Å². The Morgan fingerprint density at radius 2 is 1.87 bits per heavy atom. The van der Waals surface area contributed by atoms with E-state index in [9.17, 15) is 0 Å². The minimum absolute atomic E-state index is 0.0538. The van der Waals surface area contributed by atoms with Gasteiger partial charge in [-0.05, 0) is 24.3 Å². The summed E-state index contributed by atoms with van der Waals surface area (Å²) in [5.74, 6) is 5.67. The number of nitrogens with one attached hydrogen (secondary N) is 1. The zero-order chi connectivity index (χ0) is 11.1. The van der Waals surface area contributed by atoms with Crippen LogP contribution in [0.25, 0.3) is 0 Å². The molecule has 0 atom stereocenters.